The zero-order valence-electron chi connectivity index (χ0n) is 12.5. The lowest BCUT2D eigenvalue weighted by Gasteiger charge is -2.02. The van der Waals surface area contributed by atoms with Crippen molar-refractivity contribution in [3.63, 3.8) is 0 Å². The molecule has 3 rings (SSSR count). The molecule has 3 nitrogen and oxygen atoms in total. The highest BCUT2D eigenvalue weighted by atomic mass is 79.9. The van der Waals surface area contributed by atoms with Crippen LogP contribution in [-0.4, -0.2) is 12.5 Å². The fourth-order valence-corrected chi connectivity index (χ4v) is 2.69. The Morgan fingerprint density at radius 2 is 1.96 bits per heavy atom. The molecule has 0 radical (unpaired) electrons. The number of nitrogens with one attached hydrogen (secondary N) is 1. The molecular weight excluding hydrogens is 354 g/mol. The predicted octanol–water partition coefficient (Wildman–Crippen LogP) is 4.57. The van der Waals surface area contributed by atoms with Gasteiger partial charge in [0, 0.05) is 22.5 Å². The third kappa shape index (κ3) is 4.33. The molecule has 0 atom stereocenters. The van der Waals surface area contributed by atoms with Gasteiger partial charge in [-0.1, -0.05) is 46.3 Å². The van der Waals surface area contributed by atoms with Gasteiger partial charge in [0.05, 0.1) is 0 Å². The smallest absolute Gasteiger partial charge is 0.244 e. The molecule has 0 bridgehead atoms. The lowest BCUT2D eigenvalue weighted by atomic mass is 10.1. The van der Waals surface area contributed by atoms with Gasteiger partial charge in [-0.05, 0) is 42.3 Å². The first-order chi connectivity index (χ1) is 11.2. The van der Waals surface area contributed by atoms with E-state index in [1.165, 1.54) is 11.6 Å². The summed E-state index contributed by atoms with van der Waals surface area (Å²) in [5.74, 6) is 0.541. The van der Waals surface area contributed by atoms with Crippen molar-refractivity contribution >= 4 is 38.9 Å². The quantitative estimate of drug-likeness (QED) is 0.669. The largest absolute Gasteiger partial charge is 0.457 e. The highest BCUT2D eigenvalue weighted by molar-refractivity contribution is 9.10. The Kier molecular flexibility index (Phi) is 4.93. The van der Waals surface area contributed by atoms with Crippen molar-refractivity contribution in [2.45, 2.75) is 6.42 Å². The van der Waals surface area contributed by atoms with Crippen molar-refractivity contribution in [3.05, 3.63) is 76.5 Å². The minimum atomic E-state index is -0.123. The average molecular weight is 370 g/mol. The first kappa shape index (κ1) is 15.6. The van der Waals surface area contributed by atoms with Crippen LogP contribution in [-0.2, 0) is 11.2 Å². The topological polar surface area (TPSA) is 42.2 Å². The molecule has 4 heteroatoms. The summed E-state index contributed by atoms with van der Waals surface area (Å²) in [6.45, 7) is 0.611. The Hall–Kier alpha value is -2.33. The Bertz CT molecular complexity index is 837. The number of benzene rings is 2. The fraction of sp³-hybridized carbons (Fsp3) is 0.105. The molecule has 0 aliphatic rings. The van der Waals surface area contributed by atoms with Crippen molar-refractivity contribution in [2.75, 3.05) is 6.54 Å². The van der Waals surface area contributed by atoms with Crippen molar-refractivity contribution in [1.29, 1.82) is 0 Å². The lowest BCUT2D eigenvalue weighted by Crippen LogP contribution is -2.23. The first-order valence-corrected chi connectivity index (χ1v) is 8.19. The summed E-state index contributed by atoms with van der Waals surface area (Å²) in [7, 11) is 0. The van der Waals surface area contributed by atoms with Gasteiger partial charge in [-0.2, -0.15) is 0 Å². The molecule has 1 aromatic heterocycles. The van der Waals surface area contributed by atoms with Gasteiger partial charge in [0.1, 0.15) is 11.3 Å². The number of amides is 1. The number of rotatable bonds is 5. The van der Waals surface area contributed by atoms with E-state index >= 15 is 0 Å². The minimum absolute atomic E-state index is 0.123. The van der Waals surface area contributed by atoms with E-state index in [1.54, 1.807) is 6.08 Å². The Labute approximate surface area is 143 Å². The van der Waals surface area contributed by atoms with Crippen LogP contribution in [0.25, 0.3) is 17.0 Å². The average Bonchev–Trinajstić information content (AvgIpc) is 2.96. The maximum absolute atomic E-state index is 11.8. The summed E-state index contributed by atoms with van der Waals surface area (Å²) >= 11 is 3.43. The minimum Gasteiger partial charge on any atom is -0.457 e. The molecule has 0 saturated carbocycles. The van der Waals surface area contributed by atoms with Gasteiger partial charge in [-0.25, -0.2) is 0 Å². The second-order valence-corrected chi connectivity index (χ2v) is 6.11. The SMILES string of the molecule is O=C(C=Cc1cc2cc(Br)ccc2o1)NCCc1ccccc1. The summed E-state index contributed by atoms with van der Waals surface area (Å²) in [4.78, 5) is 11.8. The van der Waals surface area contributed by atoms with E-state index in [0.717, 1.165) is 21.9 Å². The summed E-state index contributed by atoms with van der Waals surface area (Å²) in [6, 6.07) is 17.8. The van der Waals surface area contributed by atoms with E-state index in [9.17, 15) is 4.79 Å². The number of hydrogen-bond donors (Lipinski definition) is 1. The number of fused-ring (bicyclic) bond motifs is 1. The fourth-order valence-electron chi connectivity index (χ4n) is 2.31. The third-order valence-electron chi connectivity index (χ3n) is 3.45. The summed E-state index contributed by atoms with van der Waals surface area (Å²) < 4.78 is 6.66. The van der Waals surface area contributed by atoms with E-state index in [-0.39, 0.29) is 5.91 Å². The molecule has 0 aliphatic heterocycles. The van der Waals surface area contributed by atoms with E-state index in [4.69, 9.17) is 4.42 Å². The van der Waals surface area contributed by atoms with Crippen LogP contribution in [0.5, 0.6) is 0 Å². The highest BCUT2D eigenvalue weighted by Crippen LogP contribution is 2.23. The van der Waals surface area contributed by atoms with Crippen LogP contribution in [0.15, 0.2) is 69.6 Å². The molecule has 0 spiro atoms. The van der Waals surface area contributed by atoms with E-state index in [1.807, 2.05) is 42.5 Å². The van der Waals surface area contributed by atoms with Crippen molar-refractivity contribution < 1.29 is 9.21 Å². The first-order valence-electron chi connectivity index (χ1n) is 7.40. The summed E-state index contributed by atoms with van der Waals surface area (Å²) in [5, 5.41) is 3.87. The van der Waals surface area contributed by atoms with Crippen molar-refractivity contribution in [2.24, 2.45) is 0 Å². The maximum Gasteiger partial charge on any atom is 0.244 e. The van der Waals surface area contributed by atoms with Crippen molar-refractivity contribution in [3.8, 4) is 0 Å². The molecule has 1 amide bonds. The molecule has 3 aromatic rings. The Morgan fingerprint density at radius 3 is 2.78 bits per heavy atom. The molecule has 0 fully saturated rings. The number of halogens is 1. The van der Waals surface area contributed by atoms with Crippen molar-refractivity contribution in [1.82, 2.24) is 5.32 Å². The van der Waals surface area contributed by atoms with Gasteiger partial charge in [-0.3, -0.25) is 4.79 Å². The number of carbonyl (C=O) groups excluding carboxylic acids is 1. The van der Waals surface area contributed by atoms with Gasteiger partial charge in [0.15, 0.2) is 0 Å². The van der Waals surface area contributed by atoms with Gasteiger partial charge in [-0.15, -0.1) is 0 Å². The Morgan fingerprint density at radius 1 is 1.13 bits per heavy atom. The molecular formula is C19H16BrNO2. The Balaban J connectivity index is 1.55. The van der Waals surface area contributed by atoms with Gasteiger partial charge in [0.2, 0.25) is 5.91 Å². The highest BCUT2D eigenvalue weighted by Gasteiger charge is 2.02. The molecule has 0 unspecified atom stereocenters. The molecule has 2 aromatic carbocycles. The maximum atomic E-state index is 11.8. The monoisotopic (exact) mass is 369 g/mol. The zero-order chi connectivity index (χ0) is 16.1. The van der Waals surface area contributed by atoms with E-state index in [0.29, 0.717) is 12.3 Å². The van der Waals surface area contributed by atoms with Crippen LogP contribution in [0.4, 0.5) is 0 Å². The standard InChI is InChI=1S/C19H16BrNO2/c20-16-6-8-18-15(12-16)13-17(23-18)7-9-19(22)21-11-10-14-4-2-1-3-5-14/h1-9,12-13H,10-11H2,(H,21,22). The third-order valence-corrected chi connectivity index (χ3v) is 3.95. The number of carbonyl (C=O) groups is 1. The normalized spacial score (nSPS) is 11.2. The van der Waals surface area contributed by atoms with Crippen LogP contribution < -0.4 is 5.32 Å². The zero-order valence-corrected chi connectivity index (χ0v) is 14.0. The molecule has 23 heavy (non-hydrogen) atoms. The predicted molar refractivity (Wildman–Crippen MR) is 96.1 cm³/mol. The molecule has 1 N–H and O–H groups in total. The molecule has 116 valence electrons. The van der Waals surface area contributed by atoms with Gasteiger partial charge >= 0.3 is 0 Å². The second-order valence-electron chi connectivity index (χ2n) is 5.19. The number of hydrogen-bond acceptors (Lipinski definition) is 2. The van der Waals surface area contributed by atoms with Crippen LogP contribution in [0.3, 0.4) is 0 Å². The van der Waals surface area contributed by atoms with E-state index < -0.39 is 0 Å². The van der Waals surface area contributed by atoms with Crippen LogP contribution in [0, 0.1) is 0 Å². The molecule has 1 heterocycles. The van der Waals surface area contributed by atoms with Crippen LogP contribution >= 0.6 is 15.9 Å². The summed E-state index contributed by atoms with van der Waals surface area (Å²) in [5.41, 5.74) is 2.01. The van der Waals surface area contributed by atoms with Crippen LogP contribution in [0.1, 0.15) is 11.3 Å². The van der Waals surface area contributed by atoms with E-state index in [2.05, 4.69) is 33.4 Å². The molecule has 0 aliphatic carbocycles. The molecule has 0 saturated heterocycles. The lowest BCUT2D eigenvalue weighted by molar-refractivity contribution is -0.116. The number of furan rings is 1. The second kappa shape index (κ2) is 7.29. The van der Waals surface area contributed by atoms with Gasteiger partial charge < -0.3 is 9.73 Å². The van der Waals surface area contributed by atoms with Crippen LogP contribution in [0.2, 0.25) is 0 Å². The van der Waals surface area contributed by atoms with Gasteiger partial charge in [0.25, 0.3) is 0 Å². The summed E-state index contributed by atoms with van der Waals surface area (Å²) in [6.07, 6.45) is 4.00.